The van der Waals surface area contributed by atoms with Gasteiger partial charge in [0.15, 0.2) is 11.5 Å². The molecule has 33 heavy (non-hydrogen) atoms. The number of aromatic nitrogens is 1. The quantitative estimate of drug-likeness (QED) is 0.521. The molecule has 2 heterocycles. The second kappa shape index (κ2) is 10.8. The summed E-state index contributed by atoms with van der Waals surface area (Å²) in [4.78, 5) is 25.8. The second-order valence-electron chi connectivity index (χ2n) is 7.90. The Morgan fingerprint density at radius 1 is 1.15 bits per heavy atom. The van der Waals surface area contributed by atoms with Crippen LogP contribution in [0.3, 0.4) is 0 Å². The first kappa shape index (κ1) is 22.5. The van der Waals surface area contributed by atoms with Crippen molar-refractivity contribution in [2.24, 2.45) is 0 Å². The summed E-state index contributed by atoms with van der Waals surface area (Å²) in [6.45, 7) is 1.14. The first-order chi connectivity index (χ1) is 16.1. The van der Waals surface area contributed by atoms with Crippen molar-refractivity contribution < 1.29 is 23.6 Å². The molecule has 1 aliphatic rings. The van der Waals surface area contributed by atoms with Gasteiger partial charge in [-0.2, -0.15) is 0 Å². The Balaban J connectivity index is 1.44. The van der Waals surface area contributed by atoms with E-state index in [4.69, 9.17) is 14.0 Å². The predicted molar refractivity (Wildman–Crippen MR) is 122 cm³/mol. The van der Waals surface area contributed by atoms with Gasteiger partial charge < -0.3 is 24.6 Å². The Bertz CT molecular complexity index is 1060. The molecule has 172 valence electrons. The molecule has 2 N–H and O–H groups in total. The molecule has 1 aromatic heterocycles. The number of carbonyl (C=O) groups excluding carboxylic acids is 2. The molecular weight excluding hydrogens is 422 g/mol. The van der Waals surface area contributed by atoms with E-state index in [-0.39, 0.29) is 17.7 Å². The Kier molecular flexibility index (Phi) is 7.36. The summed E-state index contributed by atoms with van der Waals surface area (Å²) in [6.07, 6.45) is 2.29. The Morgan fingerprint density at radius 2 is 1.94 bits per heavy atom. The first-order valence-electron chi connectivity index (χ1n) is 11.0. The molecule has 2 amide bonds. The van der Waals surface area contributed by atoms with Crippen LogP contribution in [0, 0.1) is 0 Å². The Labute approximate surface area is 192 Å². The summed E-state index contributed by atoms with van der Waals surface area (Å²) in [5.41, 5.74) is 1.80. The number of methoxy groups -OCH3 is 1. The number of hydrogen-bond donors (Lipinski definition) is 2. The van der Waals surface area contributed by atoms with Crippen LogP contribution in [0.4, 0.5) is 0 Å². The van der Waals surface area contributed by atoms with Crippen LogP contribution in [0.25, 0.3) is 11.3 Å². The zero-order chi connectivity index (χ0) is 23.0. The molecule has 1 aliphatic heterocycles. The zero-order valence-electron chi connectivity index (χ0n) is 18.5. The van der Waals surface area contributed by atoms with Crippen LogP contribution in [-0.4, -0.2) is 49.4 Å². The zero-order valence-corrected chi connectivity index (χ0v) is 18.5. The number of ether oxygens (including phenoxy) is 2. The fourth-order valence-corrected chi connectivity index (χ4v) is 3.71. The third-order valence-corrected chi connectivity index (χ3v) is 5.55. The van der Waals surface area contributed by atoms with Gasteiger partial charge in [-0.3, -0.25) is 9.59 Å². The summed E-state index contributed by atoms with van der Waals surface area (Å²) >= 11 is 0. The van der Waals surface area contributed by atoms with E-state index in [1.807, 2.05) is 42.5 Å². The van der Waals surface area contributed by atoms with Gasteiger partial charge in [-0.1, -0.05) is 35.5 Å². The lowest BCUT2D eigenvalue weighted by Gasteiger charge is -2.19. The normalized spacial score (nSPS) is 16.2. The monoisotopic (exact) mass is 449 g/mol. The van der Waals surface area contributed by atoms with Crippen LogP contribution in [0.1, 0.15) is 28.9 Å². The summed E-state index contributed by atoms with van der Waals surface area (Å²) in [6, 6.07) is 17.6. The van der Waals surface area contributed by atoms with Crippen LogP contribution < -0.4 is 15.4 Å². The van der Waals surface area contributed by atoms with Crippen LogP contribution in [-0.2, 0) is 16.0 Å². The van der Waals surface area contributed by atoms with Crippen LogP contribution in [0.2, 0.25) is 0 Å². The average Bonchev–Trinajstić information content (AvgIpc) is 3.55. The fraction of sp³-hybridized carbons (Fsp3) is 0.320. The predicted octanol–water partition coefficient (Wildman–Crippen LogP) is 2.99. The largest absolute Gasteiger partial charge is 0.497 e. The van der Waals surface area contributed by atoms with Crippen molar-refractivity contribution >= 4 is 11.8 Å². The van der Waals surface area contributed by atoms with E-state index in [1.54, 1.807) is 25.3 Å². The van der Waals surface area contributed by atoms with Crippen LogP contribution in [0.15, 0.2) is 65.2 Å². The van der Waals surface area contributed by atoms with Crippen molar-refractivity contribution in [1.82, 2.24) is 15.8 Å². The lowest BCUT2D eigenvalue weighted by atomic mass is 10.0. The van der Waals surface area contributed by atoms with E-state index in [1.165, 1.54) is 0 Å². The SMILES string of the molecule is COc1ccc(-c2cc(C(=O)N[C@H](Cc3ccccc3)C(=O)NC[C@@H]3CCCO3)no2)cc1. The standard InChI is InChI=1S/C25H27N3O5/c1-31-19-11-9-18(10-12-19)23-15-22(28-33-23)25(30)27-21(14-17-6-3-2-4-7-17)24(29)26-16-20-8-5-13-32-20/h2-4,6-7,9-12,15,20-21H,5,8,13-14,16H2,1H3,(H,26,29)(H,27,30)/t20-,21+/m0/s1. The number of carbonyl (C=O) groups is 2. The highest BCUT2D eigenvalue weighted by Gasteiger charge is 2.25. The highest BCUT2D eigenvalue weighted by Crippen LogP contribution is 2.23. The molecule has 4 rings (SSSR count). The average molecular weight is 450 g/mol. The van der Waals surface area contributed by atoms with Crippen molar-refractivity contribution in [2.75, 3.05) is 20.3 Å². The number of rotatable bonds is 9. The first-order valence-corrected chi connectivity index (χ1v) is 11.0. The van der Waals surface area contributed by atoms with Gasteiger partial charge in [-0.25, -0.2) is 0 Å². The van der Waals surface area contributed by atoms with E-state index < -0.39 is 11.9 Å². The number of hydrogen-bond acceptors (Lipinski definition) is 6. The maximum Gasteiger partial charge on any atom is 0.274 e. The van der Waals surface area contributed by atoms with Crippen molar-refractivity contribution in [1.29, 1.82) is 0 Å². The number of amides is 2. The van der Waals surface area contributed by atoms with Gasteiger partial charge in [0.25, 0.3) is 5.91 Å². The highest BCUT2D eigenvalue weighted by atomic mass is 16.5. The van der Waals surface area contributed by atoms with Gasteiger partial charge in [0.1, 0.15) is 11.8 Å². The number of nitrogens with one attached hydrogen (secondary N) is 2. The van der Waals surface area contributed by atoms with Gasteiger partial charge in [0, 0.05) is 31.2 Å². The van der Waals surface area contributed by atoms with Crippen molar-refractivity contribution in [3.8, 4) is 17.1 Å². The molecule has 0 spiro atoms. The summed E-state index contributed by atoms with van der Waals surface area (Å²) in [5.74, 6) is 0.424. The third-order valence-electron chi connectivity index (χ3n) is 5.55. The Morgan fingerprint density at radius 3 is 2.64 bits per heavy atom. The smallest absolute Gasteiger partial charge is 0.274 e. The molecule has 1 saturated heterocycles. The molecule has 8 nitrogen and oxygen atoms in total. The second-order valence-corrected chi connectivity index (χ2v) is 7.90. The molecule has 2 aromatic carbocycles. The van der Waals surface area contributed by atoms with Gasteiger partial charge in [0.05, 0.1) is 13.2 Å². The number of benzene rings is 2. The summed E-state index contributed by atoms with van der Waals surface area (Å²) in [7, 11) is 1.59. The number of nitrogens with zero attached hydrogens (tertiary/aromatic N) is 1. The molecule has 0 bridgehead atoms. The minimum atomic E-state index is -0.762. The van der Waals surface area contributed by atoms with Gasteiger partial charge in [-0.05, 0) is 42.7 Å². The lowest BCUT2D eigenvalue weighted by Crippen LogP contribution is -2.49. The van der Waals surface area contributed by atoms with Crippen LogP contribution in [0.5, 0.6) is 5.75 Å². The van der Waals surface area contributed by atoms with Crippen molar-refractivity contribution in [3.63, 3.8) is 0 Å². The molecule has 0 radical (unpaired) electrons. The van der Waals surface area contributed by atoms with E-state index in [0.717, 1.165) is 24.0 Å². The maximum absolute atomic E-state index is 12.9. The molecule has 1 fully saturated rings. The lowest BCUT2D eigenvalue weighted by molar-refractivity contribution is -0.123. The van der Waals surface area contributed by atoms with Gasteiger partial charge in [0.2, 0.25) is 5.91 Å². The summed E-state index contributed by atoms with van der Waals surface area (Å²) in [5, 5.41) is 9.61. The molecule has 2 atom stereocenters. The summed E-state index contributed by atoms with van der Waals surface area (Å²) < 4.78 is 16.1. The van der Waals surface area contributed by atoms with Gasteiger partial charge in [-0.15, -0.1) is 0 Å². The van der Waals surface area contributed by atoms with E-state index in [2.05, 4.69) is 15.8 Å². The molecule has 3 aromatic rings. The van der Waals surface area contributed by atoms with Crippen molar-refractivity contribution in [3.05, 3.63) is 71.9 Å². The van der Waals surface area contributed by atoms with Crippen molar-refractivity contribution in [2.45, 2.75) is 31.4 Å². The maximum atomic E-state index is 12.9. The fourth-order valence-electron chi connectivity index (χ4n) is 3.71. The van der Waals surface area contributed by atoms with Crippen LogP contribution >= 0.6 is 0 Å². The molecular formula is C25H27N3O5. The topological polar surface area (TPSA) is 103 Å². The highest BCUT2D eigenvalue weighted by molar-refractivity contribution is 5.96. The Hall–Kier alpha value is -3.65. The third kappa shape index (κ3) is 5.98. The minimum Gasteiger partial charge on any atom is -0.497 e. The molecule has 0 aliphatic carbocycles. The molecule has 0 unspecified atom stereocenters. The minimum absolute atomic E-state index is 0.0182. The molecule has 8 heteroatoms. The molecule has 0 saturated carbocycles. The van der Waals surface area contributed by atoms with E-state index >= 15 is 0 Å². The van der Waals surface area contributed by atoms with E-state index in [0.29, 0.717) is 31.1 Å². The van der Waals surface area contributed by atoms with Gasteiger partial charge >= 0.3 is 0 Å². The van der Waals surface area contributed by atoms with E-state index in [9.17, 15) is 9.59 Å².